The second-order valence-corrected chi connectivity index (χ2v) is 4.77. The van der Waals surface area contributed by atoms with Crippen molar-refractivity contribution in [3.63, 3.8) is 0 Å². The molecular weight excluding hydrogens is 250 g/mol. The molecule has 2 aromatic rings. The minimum absolute atomic E-state index is 0.0798. The van der Waals surface area contributed by atoms with Gasteiger partial charge in [-0.1, -0.05) is 6.07 Å². The third-order valence-corrected chi connectivity index (χ3v) is 3.10. The molecule has 0 saturated carbocycles. The molecular formula is C16H19N3O. The van der Waals surface area contributed by atoms with Crippen molar-refractivity contribution in [3.8, 4) is 5.75 Å². The first-order valence-electron chi connectivity index (χ1n) is 6.56. The van der Waals surface area contributed by atoms with Gasteiger partial charge in [0.2, 0.25) is 0 Å². The summed E-state index contributed by atoms with van der Waals surface area (Å²) in [5.41, 5.74) is 9.26. The molecule has 0 aliphatic carbocycles. The van der Waals surface area contributed by atoms with Crippen LogP contribution in [0, 0.1) is 19.3 Å². The smallest absolute Gasteiger partial charge is 0.125 e. The van der Waals surface area contributed by atoms with E-state index in [4.69, 9.17) is 15.9 Å². The lowest BCUT2D eigenvalue weighted by Crippen LogP contribution is -2.12. The lowest BCUT2D eigenvalue weighted by molar-refractivity contribution is 0.316. The van der Waals surface area contributed by atoms with Gasteiger partial charge in [-0.15, -0.1) is 0 Å². The van der Waals surface area contributed by atoms with Gasteiger partial charge in [-0.25, -0.2) is 0 Å². The maximum Gasteiger partial charge on any atom is 0.125 e. The summed E-state index contributed by atoms with van der Waals surface area (Å²) in [6.07, 6.45) is 2.56. The minimum atomic E-state index is 0.0798. The van der Waals surface area contributed by atoms with Gasteiger partial charge in [-0.2, -0.15) is 0 Å². The highest BCUT2D eigenvalue weighted by atomic mass is 16.5. The summed E-state index contributed by atoms with van der Waals surface area (Å²) < 4.78 is 5.85. The Labute approximate surface area is 119 Å². The molecule has 104 valence electrons. The molecule has 0 atom stereocenters. The van der Waals surface area contributed by atoms with Crippen LogP contribution < -0.4 is 10.5 Å². The molecule has 0 bridgehead atoms. The molecule has 0 radical (unpaired) electrons. The predicted octanol–water partition coefficient (Wildman–Crippen LogP) is 2.60. The van der Waals surface area contributed by atoms with E-state index in [1.165, 1.54) is 0 Å². The van der Waals surface area contributed by atoms with Gasteiger partial charge in [0.25, 0.3) is 0 Å². The quantitative estimate of drug-likeness (QED) is 0.647. The number of pyridine rings is 1. The number of aromatic nitrogens is 1. The van der Waals surface area contributed by atoms with Crippen molar-refractivity contribution in [3.05, 3.63) is 58.9 Å². The Kier molecular flexibility index (Phi) is 4.35. The van der Waals surface area contributed by atoms with Crippen LogP contribution in [0.2, 0.25) is 0 Å². The van der Waals surface area contributed by atoms with Crippen LogP contribution in [0.15, 0.2) is 36.5 Å². The van der Waals surface area contributed by atoms with E-state index in [2.05, 4.69) is 4.98 Å². The highest BCUT2D eigenvalue weighted by molar-refractivity contribution is 5.95. The van der Waals surface area contributed by atoms with Gasteiger partial charge in [0.05, 0.1) is 6.61 Å². The molecule has 0 aliphatic rings. The summed E-state index contributed by atoms with van der Waals surface area (Å²) >= 11 is 0. The monoisotopic (exact) mass is 269 g/mol. The van der Waals surface area contributed by atoms with Gasteiger partial charge in [-0.05, 0) is 49.2 Å². The first-order chi connectivity index (χ1) is 9.58. The van der Waals surface area contributed by atoms with E-state index in [9.17, 15) is 0 Å². The SMILES string of the molecule is Cc1cc(C(=N)N)cc(C)c1OCCc1ccccn1. The Morgan fingerprint density at radius 3 is 2.50 bits per heavy atom. The van der Waals surface area contributed by atoms with Crippen LogP contribution in [0.1, 0.15) is 22.4 Å². The summed E-state index contributed by atoms with van der Waals surface area (Å²) in [6.45, 7) is 4.52. The van der Waals surface area contributed by atoms with E-state index in [0.717, 1.165) is 34.6 Å². The molecule has 1 aromatic carbocycles. The number of benzene rings is 1. The lowest BCUT2D eigenvalue weighted by atomic mass is 10.1. The van der Waals surface area contributed by atoms with Crippen LogP contribution in [0.5, 0.6) is 5.75 Å². The molecule has 0 aliphatic heterocycles. The number of nitrogens with two attached hydrogens (primary N) is 1. The molecule has 0 unspecified atom stereocenters. The summed E-state index contributed by atoms with van der Waals surface area (Å²) in [5.74, 6) is 0.946. The molecule has 0 spiro atoms. The van der Waals surface area contributed by atoms with E-state index >= 15 is 0 Å². The largest absolute Gasteiger partial charge is 0.493 e. The molecule has 4 heteroatoms. The average Bonchev–Trinajstić information content (AvgIpc) is 2.42. The number of hydrogen-bond donors (Lipinski definition) is 2. The topological polar surface area (TPSA) is 72.0 Å². The van der Waals surface area contributed by atoms with Crippen molar-refractivity contribution < 1.29 is 4.74 Å². The summed E-state index contributed by atoms with van der Waals surface area (Å²) in [6, 6.07) is 9.62. The Morgan fingerprint density at radius 2 is 1.95 bits per heavy atom. The van der Waals surface area contributed by atoms with Crippen molar-refractivity contribution in [1.29, 1.82) is 5.41 Å². The molecule has 20 heavy (non-hydrogen) atoms. The highest BCUT2D eigenvalue weighted by Gasteiger charge is 2.08. The maximum absolute atomic E-state index is 7.48. The zero-order valence-corrected chi connectivity index (χ0v) is 11.8. The highest BCUT2D eigenvalue weighted by Crippen LogP contribution is 2.24. The molecule has 4 nitrogen and oxygen atoms in total. The van der Waals surface area contributed by atoms with Crippen LogP contribution in [-0.2, 0) is 6.42 Å². The van der Waals surface area contributed by atoms with Gasteiger partial charge >= 0.3 is 0 Å². The van der Waals surface area contributed by atoms with Crippen LogP contribution in [-0.4, -0.2) is 17.4 Å². The number of rotatable bonds is 5. The van der Waals surface area contributed by atoms with Crippen LogP contribution in [0.3, 0.4) is 0 Å². The predicted molar refractivity (Wildman–Crippen MR) is 80.4 cm³/mol. The fraction of sp³-hybridized carbons (Fsp3) is 0.250. The number of hydrogen-bond acceptors (Lipinski definition) is 3. The van der Waals surface area contributed by atoms with Gasteiger partial charge in [0.15, 0.2) is 0 Å². The third-order valence-electron chi connectivity index (χ3n) is 3.10. The van der Waals surface area contributed by atoms with Crippen LogP contribution in [0.25, 0.3) is 0 Å². The van der Waals surface area contributed by atoms with E-state index in [0.29, 0.717) is 6.61 Å². The Bertz CT molecular complexity index is 585. The van der Waals surface area contributed by atoms with Gasteiger partial charge in [-0.3, -0.25) is 10.4 Å². The van der Waals surface area contributed by atoms with E-state index in [-0.39, 0.29) is 5.84 Å². The summed E-state index contributed by atoms with van der Waals surface area (Å²) in [4.78, 5) is 4.27. The molecule has 2 rings (SSSR count). The molecule has 0 saturated heterocycles. The average molecular weight is 269 g/mol. The summed E-state index contributed by atoms with van der Waals surface area (Å²) in [7, 11) is 0. The Balaban J connectivity index is 2.05. The van der Waals surface area contributed by atoms with Gasteiger partial charge in [0, 0.05) is 23.9 Å². The lowest BCUT2D eigenvalue weighted by Gasteiger charge is -2.13. The zero-order valence-electron chi connectivity index (χ0n) is 11.8. The van der Waals surface area contributed by atoms with Crippen molar-refractivity contribution in [2.45, 2.75) is 20.3 Å². The molecule has 1 heterocycles. The van der Waals surface area contributed by atoms with E-state index in [1.807, 2.05) is 44.2 Å². The van der Waals surface area contributed by atoms with Gasteiger partial charge in [0.1, 0.15) is 11.6 Å². The van der Waals surface area contributed by atoms with Crippen molar-refractivity contribution >= 4 is 5.84 Å². The maximum atomic E-state index is 7.48. The Morgan fingerprint density at radius 1 is 1.25 bits per heavy atom. The summed E-state index contributed by atoms with van der Waals surface area (Å²) in [5, 5.41) is 7.48. The van der Waals surface area contributed by atoms with E-state index < -0.39 is 0 Å². The number of amidine groups is 1. The number of nitrogens with zero attached hydrogens (tertiary/aromatic N) is 1. The van der Waals surface area contributed by atoms with Crippen molar-refractivity contribution in [2.24, 2.45) is 5.73 Å². The van der Waals surface area contributed by atoms with E-state index in [1.54, 1.807) is 6.20 Å². The molecule has 3 N–H and O–H groups in total. The van der Waals surface area contributed by atoms with Crippen molar-refractivity contribution in [2.75, 3.05) is 6.61 Å². The normalized spacial score (nSPS) is 10.3. The fourth-order valence-corrected chi connectivity index (χ4v) is 2.14. The standard InChI is InChI=1S/C16H19N3O/c1-11-9-13(16(17)18)10-12(2)15(11)20-8-6-14-5-3-4-7-19-14/h3-5,7,9-10H,6,8H2,1-2H3,(H3,17,18). The van der Waals surface area contributed by atoms with Crippen LogP contribution in [0.4, 0.5) is 0 Å². The Hall–Kier alpha value is -2.36. The zero-order chi connectivity index (χ0) is 14.5. The second-order valence-electron chi connectivity index (χ2n) is 4.77. The minimum Gasteiger partial charge on any atom is -0.493 e. The number of nitrogens with one attached hydrogen (secondary N) is 1. The molecule has 1 aromatic heterocycles. The molecule has 0 fully saturated rings. The third kappa shape index (κ3) is 3.35. The van der Waals surface area contributed by atoms with Gasteiger partial charge < -0.3 is 10.5 Å². The second kappa shape index (κ2) is 6.19. The first-order valence-corrected chi connectivity index (χ1v) is 6.56. The number of aryl methyl sites for hydroxylation is 2. The fourth-order valence-electron chi connectivity index (χ4n) is 2.14. The van der Waals surface area contributed by atoms with Crippen molar-refractivity contribution in [1.82, 2.24) is 4.98 Å². The first kappa shape index (κ1) is 14.1. The molecule has 0 amide bonds. The van der Waals surface area contributed by atoms with Crippen LogP contribution >= 0.6 is 0 Å². The number of nitrogen functional groups attached to an aromatic ring is 1. The number of ether oxygens (including phenoxy) is 1.